The third-order valence-electron chi connectivity index (χ3n) is 1.45. The maximum atomic E-state index is 5.04. The van der Waals surface area contributed by atoms with Gasteiger partial charge in [-0.25, -0.2) is 0 Å². The number of allylic oxidation sites excluding steroid dienone is 1. The molecule has 54 valence electrons. The summed E-state index contributed by atoms with van der Waals surface area (Å²) in [5, 5.41) is 0. The highest BCUT2D eigenvalue weighted by atomic mass is 28.2. The highest BCUT2D eigenvalue weighted by Gasteiger charge is 1.86. The second-order valence-corrected chi connectivity index (χ2v) is 2.60. The summed E-state index contributed by atoms with van der Waals surface area (Å²) >= 11 is 0. The zero-order valence-corrected chi connectivity index (χ0v) is 8.61. The predicted octanol–water partition coefficient (Wildman–Crippen LogP) is 1.03. The van der Waals surface area contributed by atoms with E-state index in [1.165, 1.54) is 18.4 Å². The molecule has 2 heteroatoms. The summed E-state index contributed by atoms with van der Waals surface area (Å²) in [4.78, 5) is 0. The van der Waals surface area contributed by atoms with Gasteiger partial charge in [-0.05, 0) is 12.8 Å². The van der Waals surface area contributed by atoms with E-state index in [4.69, 9.17) is 4.43 Å². The quantitative estimate of drug-likeness (QED) is 0.423. The molecule has 0 saturated carbocycles. The monoisotopic (exact) mass is 144 g/mol. The molecule has 1 nitrogen and oxygen atoms in total. The van der Waals surface area contributed by atoms with Gasteiger partial charge in [0.2, 0.25) is 0 Å². The van der Waals surface area contributed by atoms with Crippen molar-refractivity contribution >= 4 is 10.5 Å². The number of rotatable bonds is 4. The molecule has 0 aliphatic heterocycles. The van der Waals surface area contributed by atoms with Gasteiger partial charge in [0.25, 0.3) is 0 Å². The summed E-state index contributed by atoms with van der Waals surface area (Å²) < 4.78 is 5.04. The molecule has 0 N–H and O–H groups in total. The van der Waals surface area contributed by atoms with Gasteiger partial charge in [-0.1, -0.05) is 25.5 Å². The molecule has 9 heavy (non-hydrogen) atoms. The Labute approximate surface area is 60.6 Å². The van der Waals surface area contributed by atoms with Crippen molar-refractivity contribution in [3.05, 3.63) is 11.6 Å². The van der Waals surface area contributed by atoms with E-state index in [-0.39, 0.29) is 0 Å². The van der Waals surface area contributed by atoms with Crippen molar-refractivity contribution in [1.82, 2.24) is 0 Å². The van der Waals surface area contributed by atoms with E-state index >= 15 is 0 Å². The molecule has 0 aliphatic carbocycles. The molecule has 0 spiro atoms. The molecule has 0 fully saturated rings. The van der Waals surface area contributed by atoms with Crippen LogP contribution in [-0.4, -0.2) is 17.1 Å². The lowest BCUT2D eigenvalue weighted by Crippen LogP contribution is -1.86. The van der Waals surface area contributed by atoms with Gasteiger partial charge in [0.1, 0.15) is 10.5 Å². The van der Waals surface area contributed by atoms with Crippen LogP contribution in [-0.2, 0) is 4.43 Å². The summed E-state index contributed by atoms with van der Waals surface area (Å²) in [5.41, 5.74) is 1.51. The Bertz CT molecular complexity index is 82.9. The average molecular weight is 144 g/mol. The van der Waals surface area contributed by atoms with E-state index in [0.29, 0.717) is 0 Å². The average Bonchev–Trinajstić information content (AvgIpc) is 1.91. The summed E-state index contributed by atoms with van der Waals surface area (Å²) in [7, 11) is 0.855. The highest BCUT2D eigenvalue weighted by Crippen LogP contribution is 2.03. The largest absolute Gasteiger partial charge is 0.424 e. The molecule has 0 aliphatic rings. The van der Waals surface area contributed by atoms with Gasteiger partial charge in [-0.2, -0.15) is 0 Å². The fraction of sp³-hybridized carbons (Fsp3) is 0.714. The molecule has 0 atom stereocenters. The summed E-state index contributed by atoms with van der Waals surface area (Å²) in [6.07, 6.45) is 4.52. The fourth-order valence-corrected chi connectivity index (χ4v) is 0.907. The van der Waals surface area contributed by atoms with Crippen LogP contribution in [0.1, 0.15) is 26.7 Å². The zero-order valence-electron chi connectivity index (χ0n) is 6.61. The first-order chi connectivity index (χ1) is 4.35. The molecular formula is C7H16OSi. The van der Waals surface area contributed by atoms with Crippen LogP contribution >= 0.6 is 0 Å². The van der Waals surface area contributed by atoms with E-state index < -0.39 is 0 Å². The van der Waals surface area contributed by atoms with Gasteiger partial charge in [0.05, 0.1) is 6.61 Å². The summed E-state index contributed by atoms with van der Waals surface area (Å²) in [5.74, 6) is 0. The molecule has 0 unspecified atom stereocenters. The third kappa shape index (κ3) is 4.42. The Balaban J connectivity index is 3.48. The van der Waals surface area contributed by atoms with Crippen LogP contribution in [0.2, 0.25) is 0 Å². The maximum absolute atomic E-state index is 5.04. The first-order valence-corrected chi connectivity index (χ1v) is 4.33. The SMILES string of the molecule is CCC(=CCO[SiH3])CC. The summed E-state index contributed by atoms with van der Waals surface area (Å²) in [6, 6.07) is 0. The van der Waals surface area contributed by atoms with Gasteiger partial charge in [0, 0.05) is 0 Å². The Morgan fingerprint density at radius 2 is 2.00 bits per heavy atom. The lowest BCUT2D eigenvalue weighted by Gasteiger charge is -1.98. The van der Waals surface area contributed by atoms with Crippen LogP contribution < -0.4 is 0 Å². The van der Waals surface area contributed by atoms with Crippen LogP contribution in [0.5, 0.6) is 0 Å². The summed E-state index contributed by atoms with van der Waals surface area (Å²) in [6.45, 7) is 5.19. The number of hydrogen-bond acceptors (Lipinski definition) is 1. The first kappa shape index (κ1) is 8.92. The van der Waals surface area contributed by atoms with E-state index in [1.807, 2.05) is 0 Å². The van der Waals surface area contributed by atoms with E-state index in [0.717, 1.165) is 17.1 Å². The van der Waals surface area contributed by atoms with Crippen molar-refractivity contribution in [3.8, 4) is 0 Å². The fourth-order valence-electron chi connectivity index (χ4n) is 0.740. The van der Waals surface area contributed by atoms with Gasteiger partial charge >= 0.3 is 0 Å². The zero-order chi connectivity index (χ0) is 7.11. The molecule has 0 bridgehead atoms. The Kier molecular flexibility index (Phi) is 5.99. The molecule has 0 saturated heterocycles. The van der Waals surface area contributed by atoms with Crippen LogP contribution in [0.25, 0.3) is 0 Å². The number of hydrogen-bond donors (Lipinski definition) is 0. The van der Waals surface area contributed by atoms with Gasteiger partial charge in [0.15, 0.2) is 0 Å². The normalized spacial score (nSPS) is 9.56. The topological polar surface area (TPSA) is 9.23 Å². The van der Waals surface area contributed by atoms with Crippen molar-refractivity contribution in [1.29, 1.82) is 0 Å². The standard InChI is InChI=1S/C7H16OSi/c1-3-7(4-2)5-6-8-9/h5H,3-4,6H2,1-2,9H3. The minimum Gasteiger partial charge on any atom is -0.424 e. The smallest absolute Gasteiger partial charge is 0.146 e. The van der Waals surface area contributed by atoms with Gasteiger partial charge < -0.3 is 4.43 Å². The van der Waals surface area contributed by atoms with E-state index in [2.05, 4.69) is 19.9 Å². The molecule has 0 amide bonds. The molecule has 0 heterocycles. The molecule has 0 rings (SSSR count). The van der Waals surface area contributed by atoms with Crippen LogP contribution in [0.15, 0.2) is 11.6 Å². The molecule has 0 radical (unpaired) electrons. The van der Waals surface area contributed by atoms with Gasteiger partial charge in [-0.3, -0.25) is 0 Å². The second kappa shape index (κ2) is 6.04. The lowest BCUT2D eigenvalue weighted by atomic mass is 10.1. The first-order valence-electron chi connectivity index (χ1n) is 3.52. The van der Waals surface area contributed by atoms with Crippen molar-refractivity contribution < 1.29 is 4.43 Å². The van der Waals surface area contributed by atoms with Crippen LogP contribution in [0.4, 0.5) is 0 Å². The minimum atomic E-state index is 0.823. The molecule has 0 aromatic carbocycles. The Hall–Kier alpha value is -0.0831. The lowest BCUT2D eigenvalue weighted by molar-refractivity contribution is 0.399. The van der Waals surface area contributed by atoms with E-state index in [9.17, 15) is 0 Å². The highest BCUT2D eigenvalue weighted by molar-refractivity contribution is 5.98. The predicted molar refractivity (Wildman–Crippen MR) is 44.6 cm³/mol. The van der Waals surface area contributed by atoms with Crippen molar-refractivity contribution in [3.63, 3.8) is 0 Å². The Morgan fingerprint density at radius 3 is 2.33 bits per heavy atom. The molecule has 0 aromatic heterocycles. The van der Waals surface area contributed by atoms with Gasteiger partial charge in [-0.15, -0.1) is 0 Å². The minimum absolute atomic E-state index is 0.823. The maximum Gasteiger partial charge on any atom is 0.146 e. The van der Waals surface area contributed by atoms with Crippen LogP contribution in [0.3, 0.4) is 0 Å². The van der Waals surface area contributed by atoms with Crippen molar-refractivity contribution in [2.24, 2.45) is 0 Å². The second-order valence-electron chi connectivity index (χ2n) is 2.02. The van der Waals surface area contributed by atoms with Crippen molar-refractivity contribution in [2.75, 3.05) is 6.61 Å². The molecular weight excluding hydrogens is 128 g/mol. The van der Waals surface area contributed by atoms with Crippen LogP contribution in [0, 0.1) is 0 Å². The molecule has 0 aromatic rings. The third-order valence-corrected chi connectivity index (χ3v) is 1.78. The Morgan fingerprint density at radius 1 is 1.44 bits per heavy atom. The van der Waals surface area contributed by atoms with E-state index in [1.54, 1.807) is 0 Å². The van der Waals surface area contributed by atoms with Crippen molar-refractivity contribution in [2.45, 2.75) is 26.7 Å².